The molecule has 0 saturated heterocycles. The number of aryl methyl sites for hydroxylation is 2. The molecule has 6 aromatic carbocycles. The molecule has 6 aromatic rings. The molecule has 0 bridgehead atoms. The van der Waals surface area contributed by atoms with Crippen molar-refractivity contribution in [3.63, 3.8) is 0 Å². The molecule has 0 aromatic heterocycles. The van der Waals surface area contributed by atoms with Crippen molar-refractivity contribution in [3.05, 3.63) is 165 Å². The third-order valence-corrected chi connectivity index (χ3v) is 10.3. The van der Waals surface area contributed by atoms with E-state index in [2.05, 4.69) is 174 Å². The first-order valence-electron chi connectivity index (χ1n) is 16.2. The Morgan fingerprint density at radius 2 is 0.913 bits per heavy atom. The quantitative estimate of drug-likeness (QED) is 0.155. The van der Waals surface area contributed by atoms with Gasteiger partial charge in [-0.1, -0.05) is 117 Å². The Hall–Kier alpha value is -5.30. The number of fused-ring (bicyclic) bond motifs is 8. The van der Waals surface area contributed by atoms with Gasteiger partial charge in [-0.3, -0.25) is 0 Å². The maximum Gasteiger partial charge on any atom is 0.0331 e. The summed E-state index contributed by atoms with van der Waals surface area (Å²) in [4.78, 5) is 0. The average Bonchev–Trinajstić information content (AvgIpc) is 3.42. The minimum atomic E-state index is -0.156. The van der Waals surface area contributed by atoms with Gasteiger partial charge in [0.2, 0.25) is 0 Å². The van der Waals surface area contributed by atoms with Crippen LogP contribution in [-0.2, 0) is 10.8 Å². The molecule has 0 radical (unpaired) electrons. The molecule has 0 saturated carbocycles. The fourth-order valence-electron chi connectivity index (χ4n) is 7.55. The van der Waals surface area contributed by atoms with Crippen LogP contribution in [0.25, 0.3) is 33.0 Å². The third kappa shape index (κ3) is 4.33. The fraction of sp³-hybridized carbons (Fsp3) is 0.174. The Morgan fingerprint density at radius 3 is 1.59 bits per heavy atom. The van der Waals surface area contributed by atoms with Crippen LogP contribution in [0.2, 0.25) is 0 Å². The molecule has 0 heteroatoms. The first-order valence-corrected chi connectivity index (χ1v) is 16.2. The molecule has 2 aliphatic rings. The van der Waals surface area contributed by atoms with E-state index in [4.69, 9.17) is 0 Å². The standard InChI is InChI=1S/C46H36/c1-29-11-15-31(16-12-29)19-20-33-22-24-36-38-27-42-39(28-41(38)45(3,4)40(36)25-33)44-37-10-8-7-9-35(37)34(26-43(44)46(42,5)6)23-21-32-17-13-30(2)14-18-32/h7-18,22,24-28H,1-6H3. The van der Waals surface area contributed by atoms with Crippen molar-refractivity contribution in [2.75, 3.05) is 0 Å². The van der Waals surface area contributed by atoms with E-state index in [1.807, 2.05) is 0 Å². The molecule has 0 heterocycles. The second-order valence-corrected chi connectivity index (χ2v) is 14.1. The van der Waals surface area contributed by atoms with Gasteiger partial charge in [-0.15, -0.1) is 0 Å². The summed E-state index contributed by atoms with van der Waals surface area (Å²) in [6.07, 6.45) is 0. The van der Waals surface area contributed by atoms with Crippen molar-refractivity contribution in [2.24, 2.45) is 0 Å². The van der Waals surface area contributed by atoms with Crippen molar-refractivity contribution in [1.82, 2.24) is 0 Å². The van der Waals surface area contributed by atoms with E-state index >= 15 is 0 Å². The Bertz CT molecular complexity index is 2350. The fourth-order valence-corrected chi connectivity index (χ4v) is 7.55. The van der Waals surface area contributed by atoms with Crippen LogP contribution >= 0.6 is 0 Å². The molecule has 0 spiro atoms. The molecule has 2 aliphatic carbocycles. The van der Waals surface area contributed by atoms with Gasteiger partial charge in [0.15, 0.2) is 0 Å². The van der Waals surface area contributed by atoms with Gasteiger partial charge < -0.3 is 0 Å². The van der Waals surface area contributed by atoms with E-state index in [1.165, 1.54) is 66.4 Å². The second-order valence-electron chi connectivity index (χ2n) is 14.1. The highest BCUT2D eigenvalue weighted by molar-refractivity contribution is 6.06. The predicted molar refractivity (Wildman–Crippen MR) is 193 cm³/mol. The van der Waals surface area contributed by atoms with Crippen LogP contribution in [-0.4, -0.2) is 0 Å². The molecule has 0 fully saturated rings. The van der Waals surface area contributed by atoms with Crippen molar-refractivity contribution >= 4 is 10.8 Å². The highest BCUT2D eigenvalue weighted by Crippen LogP contribution is 2.57. The van der Waals surface area contributed by atoms with E-state index < -0.39 is 0 Å². The van der Waals surface area contributed by atoms with Gasteiger partial charge >= 0.3 is 0 Å². The lowest BCUT2D eigenvalue weighted by Crippen LogP contribution is -2.17. The van der Waals surface area contributed by atoms with Gasteiger partial charge in [-0.25, -0.2) is 0 Å². The second kappa shape index (κ2) is 10.1. The summed E-state index contributed by atoms with van der Waals surface area (Å²) < 4.78 is 0. The van der Waals surface area contributed by atoms with Gasteiger partial charge in [-0.05, 0) is 124 Å². The molecule has 220 valence electrons. The van der Waals surface area contributed by atoms with Gasteiger partial charge in [0.25, 0.3) is 0 Å². The van der Waals surface area contributed by atoms with Crippen molar-refractivity contribution in [1.29, 1.82) is 0 Å². The van der Waals surface area contributed by atoms with Crippen molar-refractivity contribution in [3.8, 4) is 45.9 Å². The number of benzene rings is 6. The van der Waals surface area contributed by atoms with Crippen LogP contribution in [0.4, 0.5) is 0 Å². The zero-order valence-electron chi connectivity index (χ0n) is 27.4. The van der Waals surface area contributed by atoms with E-state index in [0.29, 0.717) is 0 Å². The van der Waals surface area contributed by atoms with Gasteiger partial charge in [-0.2, -0.15) is 0 Å². The Labute approximate surface area is 273 Å². The van der Waals surface area contributed by atoms with Gasteiger partial charge in [0, 0.05) is 33.1 Å². The molecule has 8 rings (SSSR count). The SMILES string of the molecule is Cc1ccc(C#Cc2ccc3c(c2)C(C)(C)c2cc4c(cc2-3)C(C)(C)c2cc(C#Cc3ccc(C)cc3)c3ccccc3c2-4)cc1. The van der Waals surface area contributed by atoms with E-state index in [9.17, 15) is 0 Å². The molecular weight excluding hydrogens is 553 g/mol. The van der Waals surface area contributed by atoms with Crippen LogP contribution < -0.4 is 0 Å². The lowest BCUT2D eigenvalue weighted by molar-refractivity contribution is 0.652. The normalized spacial score (nSPS) is 14.3. The van der Waals surface area contributed by atoms with Crippen LogP contribution in [0.15, 0.2) is 109 Å². The Morgan fingerprint density at radius 1 is 0.413 bits per heavy atom. The minimum Gasteiger partial charge on any atom is -0.0617 e. The summed E-state index contributed by atoms with van der Waals surface area (Å²) >= 11 is 0. The van der Waals surface area contributed by atoms with Crippen molar-refractivity contribution in [2.45, 2.75) is 52.4 Å². The smallest absolute Gasteiger partial charge is 0.0331 e. The van der Waals surface area contributed by atoms with E-state index in [0.717, 1.165) is 22.3 Å². The molecule has 0 atom stereocenters. The molecule has 46 heavy (non-hydrogen) atoms. The monoisotopic (exact) mass is 588 g/mol. The Kier molecular flexibility index (Phi) is 6.19. The molecule has 0 nitrogen and oxygen atoms in total. The molecule has 0 N–H and O–H groups in total. The predicted octanol–water partition coefficient (Wildman–Crippen LogP) is 10.9. The summed E-state index contributed by atoms with van der Waals surface area (Å²) in [5, 5.41) is 2.49. The molecular formula is C46H36. The largest absolute Gasteiger partial charge is 0.0617 e. The summed E-state index contributed by atoms with van der Waals surface area (Å²) in [6.45, 7) is 13.7. The number of hydrogen-bond acceptors (Lipinski definition) is 0. The lowest BCUT2D eigenvalue weighted by atomic mass is 9.79. The summed E-state index contributed by atoms with van der Waals surface area (Å²) in [7, 11) is 0. The first kappa shape index (κ1) is 28.2. The number of hydrogen-bond donors (Lipinski definition) is 0. The van der Waals surface area contributed by atoms with Crippen LogP contribution in [0.1, 0.15) is 83.3 Å². The zero-order chi connectivity index (χ0) is 31.8. The summed E-state index contributed by atoms with van der Waals surface area (Å²) in [5.41, 5.74) is 17.3. The topological polar surface area (TPSA) is 0 Å². The summed E-state index contributed by atoms with van der Waals surface area (Å²) in [6, 6.07) is 39.9. The average molecular weight is 589 g/mol. The maximum absolute atomic E-state index is 3.56. The molecule has 0 aliphatic heterocycles. The zero-order valence-corrected chi connectivity index (χ0v) is 27.4. The molecule has 0 amide bonds. The van der Waals surface area contributed by atoms with Crippen molar-refractivity contribution < 1.29 is 0 Å². The van der Waals surface area contributed by atoms with E-state index in [1.54, 1.807) is 0 Å². The Balaban J connectivity index is 1.26. The highest BCUT2D eigenvalue weighted by Gasteiger charge is 2.42. The van der Waals surface area contributed by atoms with Crippen LogP contribution in [0.3, 0.4) is 0 Å². The summed E-state index contributed by atoms with van der Waals surface area (Å²) in [5.74, 6) is 13.8. The maximum atomic E-state index is 3.56. The first-order chi connectivity index (χ1) is 22.1. The van der Waals surface area contributed by atoms with E-state index in [-0.39, 0.29) is 10.8 Å². The van der Waals surface area contributed by atoms with Gasteiger partial charge in [0.1, 0.15) is 0 Å². The van der Waals surface area contributed by atoms with Crippen LogP contribution in [0.5, 0.6) is 0 Å². The third-order valence-electron chi connectivity index (χ3n) is 10.3. The van der Waals surface area contributed by atoms with Gasteiger partial charge in [0.05, 0.1) is 0 Å². The lowest BCUT2D eigenvalue weighted by Gasteiger charge is -2.24. The number of rotatable bonds is 0. The minimum absolute atomic E-state index is 0.136. The molecule has 0 unspecified atom stereocenters. The highest BCUT2D eigenvalue weighted by atomic mass is 14.4. The van der Waals surface area contributed by atoms with Crippen LogP contribution in [0, 0.1) is 37.5 Å².